The van der Waals surface area contributed by atoms with Gasteiger partial charge in [-0.1, -0.05) is 54.1 Å². The van der Waals surface area contributed by atoms with E-state index in [2.05, 4.69) is 4.85 Å². The molecule has 0 radical (unpaired) electrons. The Morgan fingerprint density at radius 1 is 1.06 bits per heavy atom. The van der Waals surface area contributed by atoms with Crippen LogP contribution in [0.25, 0.3) is 16.0 Å². The summed E-state index contributed by atoms with van der Waals surface area (Å²) in [5.74, 6) is -0.530. The highest BCUT2D eigenvalue weighted by atomic mass is 35.5. The molecule has 2 aliphatic rings. The maximum Gasteiger partial charge on any atom is 0.339 e. The number of fused-ring (bicyclic) bond motifs is 2. The van der Waals surface area contributed by atoms with Gasteiger partial charge in [0.2, 0.25) is 0 Å². The number of halogens is 1. The van der Waals surface area contributed by atoms with Gasteiger partial charge in [0, 0.05) is 18.5 Å². The Labute approximate surface area is 184 Å². The fourth-order valence-corrected chi connectivity index (χ4v) is 4.66. The predicted molar refractivity (Wildman–Crippen MR) is 117 cm³/mol. The van der Waals surface area contributed by atoms with Crippen molar-refractivity contribution in [2.24, 2.45) is 0 Å². The summed E-state index contributed by atoms with van der Waals surface area (Å²) in [4.78, 5) is 30.6. The lowest BCUT2D eigenvalue weighted by Gasteiger charge is -2.24. The molecule has 31 heavy (non-hydrogen) atoms. The molecule has 1 spiro atoms. The minimum atomic E-state index is -0.782. The van der Waals surface area contributed by atoms with Crippen LogP contribution >= 0.6 is 11.6 Å². The molecule has 152 valence electrons. The van der Waals surface area contributed by atoms with Crippen molar-refractivity contribution < 1.29 is 14.3 Å². The van der Waals surface area contributed by atoms with Crippen LogP contribution in [-0.2, 0) is 10.3 Å². The zero-order chi connectivity index (χ0) is 21.6. The SMILES string of the molecule is [C-]#[N+]c1cccc(-c2ccc(C(=O)N3CC[C@@]4(C3)OC(=O)c3ccccc34)c(Cl)c2)c1. The molecule has 0 aromatic heterocycles. The van der Waals surface area contributed by atoms with Gasteiger partial charge in [-0.2, -0.15) is 0 Å². The van der Waals surface area contributed by atoms with Crippen LogP contribution in [0.15, 0.2) is 66.7 Å². The molecule has 3 aromatic carbocycles. The van der Waals surface area contributed by atoms with Gasteiger partial charge in [0.05, 0.1) is 29.3 Å². The Balaban J connectivity index is 1.40. The van der Waals surface area contributed by atoms with Crippen LogP contribution in [0.1, 0.15) is 32.7 Å². The molecular weight excluding hydrogens is 412 g/mol. The number of carbonyl (C=O) groups is 2. The number of rotatable bonds is 2. The lowest BCUT2D eigenvalue weighted by atomic mass is 9.91. The average Bonchev–Trinajstić information content (AvgIpc) is 3.35. The van der Waals surface area contributed by atoms with Crippen LogP contribution < -0.4 is 0 Å². The van der Waals surface area contributed by atoms with Gasteiger partial charge < -0.3 is 9.64 Å². The Kier molecular flexibility index (Phi) is 4.53. The molecule has 6 heteroatoms. The molecule has 0 unspecified atom stereocenters. The van der Waals surface area contributed by atoms with E-state index in [1.807, 2.05) is 36.4 Å². The minimum Gasteiger partial charge on any atom is -0.449 e. The van der Waals surface area contributed by atoms with Crippen LogP contribution in [-0.4, -0.2) is 29.9 Å². The van der Waals surface area contributed by atoms with Crippen LogP contribution in [0.3, 0.4) is 0 Å². The number of amides is 1. The summed E-state index contributed by atoms with van der Waals surface area (Å²) in [5, 5.41) is 0.348. The molecule has 0 aliphatic carbocycles. The van der Waals surface area contributed by atoms with E-state index >= 15 is 0 Å². The van der Waals surface area contributed by atoms with Crippen molar-refractivity contribution in [3.8, 4) is 11.1 Å². The standard InChI is InChI=1S/C25H17ClN2O3/c1-27-18-6-4-5-16(13-18)17-9-10-20(22(26)14-17)23(29)28-12-11-25(15-28)21-8-3-2-7-19(21)24(30)31-25/h2-10,13-14H,11-12,15H2/t25-/m0/s1. The Bertz CT molecular complexity index is 1280. The average molecular weight is 429 g/mol. The second-order valence-corrected chi connectivity index (χ2v) is 8.17. The number of hydrogen-bond donors (Lipinski definition) is 0. The molecule has 1 amide bonds. The highest BCUT2D eigenvalue weighted by Gasteiger charge is 2.51. The number of esters is 1. The molecule has 0 saturated carbocycles. The van der Waals surface area contributed by atoms with E-state index in [9.17, 15) is 9.59 Å². The lowest BCUT2D eigenvalue weighted by Crippen LogP contribution is -2.34. The van der Waals surface area contributed by atoms with E-state index in [0.717, 1.165) is 16.7 Å². The third-order valence-electron chi connectivity index (χ3n) is 5.95. The van der Waals surface area contributed by atoms with Gasteiger partial charge in [-0.25, -0.2) is 9.64 Å². The van der Waals surface area contributed by atoms with Gasteiger partial charge in [0.1, 0.15) is 0 Å². The van der Waals surface area contributed by atoms with Crippen molar-refractivity contribution in [3.63, 3.8) is 0 Å². The van der Waals surface area contributed by atoms with E-state index in [-0.39, 0.29) is 11.9 Å². The predicted octanol–water partition coefficient (Wildman–Crippen LogP) is 5.47. The molecule has 1 saturated heterocycles. The van der Waals surface area contributed by atoms with E-state index in [0.29, 0.717) is 41.3 Å². The van der Waals surface area contributed by atoms with Gasteiger partial charge in [0.15, 0.2) is 11.3 Å². The van der Waals surface area contributed by atoms with E-state index in [1.54, 1.807) is 35.2 Å². The van der Waals surface area contributed by atoms with Crippen molar-refractivity contribution in [1.82, 2.24) is 4.90 Å². The van der Waals surface area contributed by atoms with Gasteiger partial charge in [-0.05, 0) is 35.4 Å². The van der Waals surface area contributed by atoms with Crippen LogP contribution in [0, 0.1) is 6.57 Å². The van der Waals surface area contributed by atoms with Crippen molar-refractivity contribution >= 4 is 29.2 Å². The quantitative estimate of drug-likeness (QED) is 0.401. The highest BCUT2D eigenvalue weighted by molar-refractivity contribution is 6.34. The highest BCUT2D eigenvalue weighted by Crippen LogP contribution is 2.43. The first-order chi connectivity index (χ1) is 15.0. The molecular formula is C25H17ClN2O3. The summed E-state index contributed by atoms with van der Waals surface area (Å²) in [7, 11) is 0. The van der Waals surface area contributed by atoms with Crippen LogP contribution in [0.5, 0.6) is 0 Å². The number of carbonyl (C=O) groups excluding carboxylic acids is 2. The summed E-state index contributed by atoms with van der Waals surface area (Å²) in [6.07, 6.45) is 0.556. The monoisotopic (exact) mass is 428 g/mol. The van der Waals surface area contributed by atoms with Crippen molar-refractivity contribution in [1.29, 1.82) is 0 Å². The fraction of sp³-hybridized carbons (Fsp3) is 0.160. The first-order valence-corrected chi connectivity index (χ1v) is 10.3. The number of nitrogens with zero attached hydrogens (tertiary/aromatic N) is 2. The minimum absolute atomic E-state index is 0.191. The largest absolute Gasteiger partial charge is 0.449 e. The molecule has 1 fully saturated rings. The van der Waals surface area contributed by atoms with Crippen molar-refractivity contribution in [2.75, 3.05) is 13.1 Å². The van der Waals surface area contributed by atoms with Gasteiger partial charge in [-0.15, -0.1) is 0 Å². The van der Waals surface area contributed by atoms with Crippen LogP contribution in [0.4, 0.5) is 5.69 Å². The molecule has 0 bridgehead atoms. The smallest absolute Gasteiger partial charge is 0.339 e. The lowest BCUT2D eigenvalue weighted by molar-refractivity contribution is -0.00306. The topological polar surface area (TPSA) is 51.0 Å². The maximum atomic E-state index is 13.2. The molecule has 5 rings (SSSR count). The first kappa shape index (κ1) is 19.3. The summed E-state index contributed by atoms with van der Waals surface area (Å²) in [5.41, 5.74) is 3.28. The molecule has 0 N–H and O–H groups in total. The number of ether oxygens (including phenoxy) is 1. The van der Waals surface area contributed by atoms with Crippen LogP contribution in [0.2, 0.25) is 5.02 Å². The number of benzene rings is 3. The van der Waals surface area contributed by atoms with Gasteiger partial charge in [-0.3, -0.25) is 4.79 Å². The molecule has 5 nitrogen and oxygen atoms in total. The fourth-order valence-electron chi connectivity index (χ4n) is 4.40. The second kappa shape index (κ2) is 7.26. The third kappa shape index (κ3) is 3.17. The first-order valence-electron chi connectivity index (χ1n) is 9.90. The van der Waals surface area contributed by atoms with Crippen molar-refractivity contribution in [3.05, 3.63) is 99.9 Å². The van der Waals surface area contributed by atoms with Gasteiger partial charge >= 0.3 is 5.97 Å². The Morgan fingerprint density at radius 3 is 2.68 bits per heavy atom. The summed E-state index contributed by atoms with van der Waals surface area (Å²) >= 11 is 6.49. The Hall–Kier alpha value is -3.62. The third-order valence-corrected chi connectivity index (χ3v) is 6.27. The van der Waals surface area contributed by atoms with E-state index in [1.165, 1.54) is 0 Å². The zero-order valence-corrected chi connectivity index (χ0v) is 17.2. The normalized spacial score (nSPS) is 19.2. The number of likely N-dealkylation sites (tertiary alicyclic amines) is 1. The van der Waals surface area contributed by atoms with Gasteiger partial charge in [0.25, 0.3) is 5.91 Å². The van der Waals surface area contributed by atoms with Crippen molar-refractivity contribution in [2.45, 2.75) is 12.0 Å². The Morgan fingerprint density at radius 2 is 1.87 bits per heavy atom. The summed E-state index contributed by atoms with van der Waals surface area (Å²) < 4.78 is 5.74. The second-order valence-electron chi connectivity index (χ2n) is 7.76. The summed E-state index contributed by atoms with van der Waals surface area (Å²) in [6.45, 7) is 7.96. The summed E-state index contributed by atoms with van der Waals surface area (Å²) in [6, 6.07) is 19.9. The van der Waals surface area contributed by atoms with E-state index < -0.39 is 5.60 Å². The van der Waals surface area contributed by atoms with E-state index in [4.69, 9.17) is 22.9 Å². The molecule has 2 heterocycles. The molecule has 1 atom stereocenters. The molecule has 2 aliphatic heterocycles. The maximum absolute atomic E-state index is 13.2. The number of hydrogen-bond acceptors (Lipinski definition) is 3. The zero-order valence-electron chi connectivity index (χ0n) is 16.5. The molecule has 3 aromatic rings.